The van der Waals surface area contributed by atoms with E-state index in [2.05, 4.69) is 4.72 Å². The van der Waals surface area contributed by atoms with Crippen molar-refractivity contribution in [1.29, 1.82) is 0 Å². The predicted octanol–water partition coefficient (Wildman–Crippen LogP) is 5.34. The van der Waals surface area contributed by atoms with Crippen LogP contribution < -0.4 is 4.72 Å². The largest absolute Gasteiger partial charge is 0.480 e. The van der Waals surface area contributed by atoms with Gasteiger partial charge in [-0.25, -0.2) is 8.42 Å². The van der Waals surface area contributed by atoms with Gasteiger partial charge in [-0.2, -0.15) is 4.72 Å². The monoisotopic (exact) mass is 445 g/mol. The zero-order valence-electron chi connectivity index (χ0n) is 15.7. The highest BCUT2D eigenvalue weighted by atomic mass is 32.2. The molecule has 0 aliphatic heterocycles. The summed E-state index contributed by atoms with van der Waals surface area (Å²) in [6.07, 6.45) is 0. The Kier molecular flexibility index (Phi) is 6.03. The molecule has 2 N–H and O–H groups in total. The van der Waals surface area contributed by atoms with Crippen molar-refractivity contribution in [2.75, 3.05) is 0 Å². The summed E-state index contributed by atoms with van der Waals surface area (Å²) in [7, 11) is -4.00. The maximum atomic E-state index is 12.8. The Morgan fingerprint density at radius 1 is 1.07 bits per heavy atom. The second-order valence-corrected chi connectivity index (χ2v) is 9.79. The number of furan rings is 1. The lowest BCUT2D eigenvalue weighted by Gasteiger charge is -2.17. The second-order valence-electron chi connectivity index (χ2n) is 7.13. The van der Waals surface area contributed by atoms with E-state index in [9.17, 15) is 18.3 Å². The zero-order chi connectivity index (χ0) is 20.8. The predicted molar refractivity (Wildman–Crippen MR) is 120 cm³/mol. The standard InChI is InChI=1S/C21H19NO5S2.CH4/c1-12(2)20(21(23)24)22-29(25,26)14-6-8-17-16(11-14)15-7-5-13(10-18(15)27-17)19-4-3-9-28-19;/h3-12,20,22H,1-2H3,(H,23,24);1H4/t20-;/m1./s1. The number of hydrogen-bond acceptors (Lipinski definition) is 5. The van der Waals surface area contributed by atoms with Crippen molar-refractivity contribution in [3.63, 3.8) is 0 Å². The van der Waals surface area contributed by atoms with E-state index in [-0.39, 0.29) is 12.3 Å². The molecular weight excluding hydrogens is 422 g/mol. The number of thiophene rings is 1. The van der Waals surface area contributed by atoms with E-state index < -0.39 is 28.0 Å². The molecule has 2 heterocycles. The number of carboxylic acids is 1. The Balaban J connectivity index is 0.00000256. The quantitative estimate of drug-likeness (QED) is 0.418. The van der Waals surface area contributed by atoms with Crippen LogP contribution in [0.1, 0.15) is 21.3 Å². The number of hydrogen-bond donors (Lipinski definition) is 2. The molecule has 0 radical (unpaired) electrons. The molecule has 2 aromatic carbocycles. The minimum Gasteiger partial charge on any atom is -0.480 e. The van der Waals surface area contributed by atoms with Crippen molar-refractivity contribution in [1.82, 2.24) is 4.72 Å². The average Bonchev–Trinajstić information content (AvgIpc) is 3.32. The molecule has 0 saturated heterocycles. The second kappa shape index (κ2) is 8.22. The fraction of sp³-hybridized carbons (Fsp3) is 0.227. The summed E-state index contributed by atoms with van der Waals surface area (Å²) >= 11 is 1.63. The van der Waals surface area contributed by atoms with Crippen LogP contribution in [-0.2, 0) is 14.8 Å². The zero-order valence-corrected chi connectivity index (χ0v) is 17.4. The summed E-state index contributed by atoms with van der Waals surface area (Å²) < 4.78 is 33.7. The van der Waals surface area contributed by atoms with Gasteiger partial charge in [-0.15, -0.1) is 11.3 Å². The Bertz CT molecular complexity index is 1300. The molecule has 4 aromatic rings. The summed E-state index contributed by atoms with van der Waals surface area (Å²) in [5.74, 6) is -1.60. The molecule has 2 aromatic heterocycles. The lowest BCUT2D eigenvalue weighted by Crippen LogP contribution is -2.44. The van der Waals surface area contributed by atoms with Gasteiger partial charge in [-0.1, -0.05) is 33.4 Å². The van der Waals surface area contributed by atoms with E-state index in [1.165, 1.54) is 12.1 Å². The van der Waals surface area contributed by atoms with Crippen molar-refractivity contribution in [2.45, 2.75) is 32.2 Å². The lowest BCUT2D eigenvalue weighted by molar-refractivity contribution is -0.140. The number of aliphatic carboxylic acids is 1. The number of sulfonamides is 1. The van der Waals surface area contributed by atoms with Gasteiger partial charge >= 0.3 is 5.97 Å². The highest BCUT2D eigenvalue weighted by molar-refractivity contribution is 7.89. The van der Waals surface area contributed by atoms with Crippen LogP contribution in [0.25, 0.3) is 32.4 Å². The Morgan fingerprint density at radius 3 is 2.47 bits per heavy atom. The van der Waals surface area contributed by atoms with Crippen molar-refractivity contribution < 1.29 is 22.7 Å². The van der Waals surface area contributed by atoms with Crippen LogP contribution in [0, 0.1) is 5.92 Å². The van der Waals surface area contributed by atoms with Crippen molar-refractivity contribution in [3.05, 3.63) is 53.9 Å². The van der Waals surface area contributed by atoms with E-state index in [1.54, 1.807) is 31.3 Å². The molecule has 158 valence electrons. The molecular formula is C22H23NO5S2. The normalized spacial score (nSPS) is 12.9. The van der Waals surface area contributed by atoms with Crippen LogP contribution >= 0.6 is 11.3 Å². The molecule has 1 atom stereocenters. The SMILES string of the molecule is C.CC(C)[C@@H](NS(=O)(=O)c1ccc2oc3cc(-c4cccs4)ccc3c2c1)C(=O)O. The van der Waals surface area contributed by atoms with Gasteiger partial charge in [0.15, 0.2) is 0 Å². The molecule has 0 spiro atoms. The summed E-state index contributed by atoms with van der Waals surface area (Å²) in [4.78, 5) is 12.5. The van der Waals surface area contributed by atoms with Gasteiger partial charge in [0.25, 0.3) is 0 Å². The third kappa shape index (κ3) is 3.98. The molecule has 6 nitrogen and oxygen atoms in total. The topological polar surface area (TPSA) is 96.6 Å². The molecule has 30 heavy (non-hydrogen) atoms. The molecule has 0 aliphatic rings. The minimum atomic E-state index is -4.00. The van der Waals surface area contributed by atoms with Gasteiger partial charge in [0.05, 0.1) is 4.90 Å². The minimum absolute atomic E-state index is 0. The van der Waals surface area contributed by atoms with E-state index in [1.807, 2.05) is 35.7 Å². The summed E-state index contributed by atoms with van der Waals surface area (Å²) in [5.41, 5.74) is 2.27. The molecule has 0 aliphatic carbocycles. The third-order valence-corrected chi connectivity index (χ3v) is 7.13. The van der Waals surface area contributed by atoms with E-state index in [0.29, 0.717) is 16.6 Å². The number of nitrogens with one attached hydrogen (secondary N) is 1. The Hall–Kier alpha value is -2.68. The maximum Gasteiger partial charge on any atom is 0.322 e. The fourth-order valence-electron chi connectivity index (χ4n) is 3.23. The van der Waals surface area contributed by atoms with Crippen LogP contribution in [0.5, 0.6) is 0 Å². The molecule has 0 fully saturated rings. The number of carbonyl (C=O) groups is 1. The lowest BCUT2D eigenvalue weighted by atomic mass is 10.1. The van der Waals surface area contributed by atoms with Crippen LogP contribution in [0.3, 0.4) is 0 Å². The summed E-state index contributed by atoms with van der Waals surface area (Å²) in [6.45, 7) is 3.30. The van der Waals surface area contributed by atoms with E-state index in [0.717, 1.165) is 15.8 Å². The van der Waals surface area contributed by atoms with Crippen LogP contribution in [0.2, 0.25) is 0 Å². The third-order valence-electron chi connectivity index (χ3n) is 4.77. The van der Waals surface area contributed by atoms with Crippen LogP contribution in [0.4, 0.5) is 0 Å². The Labute approximate surface area is 179 Å². The average molecular weight is 446 g/mol. The number of carboxylic acid groups (broad SMARTS) is 1. The van der Waals surface area contributed by atoms with E-state index in [4.69, 9.17) is 4.42 Å². The number of fused-ring (bicyclic) bond motifs is 3. The van der Waals surface area contributed by atoms with Crippen molar-refractivity contribution in [2.24, 2.45) is 5.92 Å². The smallest absolute Gasteiger partial charge is 0.322 e. The summed E-state index contributed by atoms with van der Waals surface area (Å²) in [5, 5.41) is 12.8. The fourth-order valence-corrected chi connectivity index (χ4v) is 5.31. The molecule has 0 amide bonds. The van der Waals surface area contributed by atoms with Gasteiger partial charge in [0, 0.05) is 15.6 Å². The van der Waals surface area contributed by atoms with Crippen molar-refractivity contribution in [3.8, 4) is 10.4 Å². The first-order chi connectivity index (χ1) is 13.8. The van der Waals surface area contributed by atoms with Gasteiger partial charge in [0.1, 0.15) is 17.2 Å². The first kappa shape index (κ1) is 22.0. The van der Waals surface area contributed by atoms with Gasteiger partial charge in [-0.3, -0.25) is 4.79 Å². The van der Waals surface area contributed by atoms with E-state index >= 15 is 0 Å². The summed E-state index contributed by atoms with van der Waals surface area (Å²) in [6, 6.07) is 13.2. The molecule has 0 unspecified atom stereocenters. The Morgan fingerprint density at radius 2 is 1.83 bits per heavy atom. The first-order valence-corrected chi connectivity index (χ1v) is 11.4. The highest BCUT2D eigenvalue weighted by Gasteiger charge is 2.28. The molecule has 4 rings (SSSR count). The molecule has 8 heteroatoms. The number of rotatable bonds is 6. The highest BCUT2D eigenvalue weighted by Crippen LogP contribution is 2.34. The first-order valence-electron chi connectivity index (χ1n) is 9.01. The molecule has 0 bridgehead atoms. The maximum absolute atomic E-state index is 12.8. The van der Waals surface area contributed by atoms with Crippen molar-refractivity contribution >= 4 is 49.3 Å². The van der Waals surface area contributed by atoms with Crippen LogP contribution in [-0.4, -0.2) is 25.5 Å². The van der Waals surface area contributed by atoms with Gasteiger partial charge < -0.3 is 9.52 Å². The van der Waals surface area contributed by atoms with Gasteiger partial charge in [0.2, 0.25) is 10.0 Å². The van der Waals surface area contributed by atoms with Gasteiger partial charge in [-0.05, 0) is 53.3 Å². The molecule has 0 saturated carbocycles. The number of benzene rings is 2. The van der Waals surface area contributed by atoms with Crippen LogP contribution in [0.15, 0.2) is 63.2 Å².